The molecule has 2 rings (SSSR count). The second kappa shape index (κ2) is 4.01. The maximum atomic E-state index is 12.6. The molecule has 1 heterocycles. The van der Waals surface area contributed by atoms with E-state index >= 15 is 0 Å². The molecule has 0 amide bonds. The van der Waals surface area contributed by atoms with E-state index in [9.17, 15) is 13.2 Å². The summed E-state index contributed by atoms with van der Waals surface area (Å²) in [4.78, 5) is 8.50. The molecule has 0 saturated carbocycles. The van der Waals surface area contributed by atoms with Crippen molar-refractivity contribution in [2.75, 3.05) is 0 Å². The third-order valence-corrected chi connectivity index (χ3v) is 2.45. The number of halogens is 4. The molecule has 1 aliphatic heterocycles. The maximum absolute atomic E-state index is 12.6. The molecule has 0 saturated heterocycles. The van der Waals surface area contributed by atoms with Crippen LogP contribution in [0.4, 0.5) is 13.2 Å². The number of alkyl halides is 3. The molecule has 98 valence electrons. The van der Waals surface area contributed by atoms with Crippen molar-refractivity contribution in [3.8, 4) is 0 Å². The Bertz CT molecular complexity index is 519. The lowest BCUT2D eigenvalue weighted by atomic mass is 10.1. The molecule has 0 aliphatic carbocycles. The zero-order valence-electron chi connectivity index (χ0n) is 8.75. The second-order valence-corrected chi connectivity index (χ2v) is 4.06. The van der Waals surface area contributed by atoms with Crippen molar-refractivity contribution >= 4 is 17.6 Å². The highest BCUT2D eigenvalue weighted by molar-refractivity contribution is 6.30. The summed E-state index contributed by atoms with van der Waals surface area (Å²) in [5.74, 6) is -1.96. The van der Waals surface area contributed by atoms with Gasteiger partial charge in [-0.1, -0.05) is 11.6 Å². The summed E-state index contributed by atoms with van der Waals surface area (Å²) in [5, 5.41) is -0.131. The largest absolute Gasteiger partial charge is 0.416 e. The van der Waals surface area contributed by atoms with Crippen LogP contribution in [0.5, 0.6) is 0 Å². The quantitative estimate of drug-likeness (QED) is 0.723. The van der Waals surface area contributed by atoms with Gasteiger partial charge in [-0.15, -0.1) is 0 Å². The lowest BCUT2D eigenvalue weighted by Gasteiger charge is -2.20. The molecule has 0 radical (unpaired) electrons. The molecule has 1 atom stereocenters. The van der Waals surface area contributed by atoms with Crippen molar-refractivity contribution in [1.29, 1.82) is 0 Å². The first-order valence-corrected chi connectivity index (χ1v) is 5.05. The average molecular weight is 281 g/mol. The number of hydroxylamine groups is 1. The molecular weight excluding hydrogens is 273 g/mol. The summed E-state index contributed by atoms with van der Waals surface area (Å²) in [5.41, 5.74) is 12.1. The fourth-order valence-electron chi connectivity index (χ4n) is 1.44. The van der Waals surface area contributed by atoms with Gasteiger partial charge in [0.15, 0.2) is 0 Å². The van der Waals surface area contributed by atoms with Crippen molar-refractivity contribution in [3.05, 3.63) is 34.3 Å². The molecule has 5 nitrogen and oxygen atoms in total. The number of hydrogen-bond acceptors (Lipinski definition) is 5. The number of benzene rings is 1. The van der Waals surface area contributed by atoms with E-state index in [2.05, 4.69) is 10.5 Å². The predicted molar refractivity (Wildman–Crippen MR) is 58.2 cm³/mol. The van der Waals surface area contributed by atoms with Crippen molar-refractivity contribution in [3.63, 3.8) is 0 Å². The Morgan fingerprint density at radius 2 is 2.00 bits per heavy atom. The van der Waals surface area contributed by atoms with Crippen LogP contribution in [-0.4, -0.2) is 5.96 Å². The molecule has 0 aromatic heterocycles. The molecule has 0 fully saturated rings. The lowest BCUT2D eigenvalue weighted by Crippen LogP contribution is -2.37. The van der Waals surface area contributed by atoms with Crippen LogP contribution in [0, 0.1) is 0 Å². The Morgan fingerprint density at radius 3 is 2.50 bits per heavy atom. The van der Waals surface area contributed by atoms with Gasteiger partial charge in [0, 0.05) is 10.6 Å². The van der Waals surface area contributed by atoms with E-state index in [1.54, 1.807) is 0 Å². The molecule has 18 heavy (non-hydrogen) atoms. The van der Waals surface area contributed by atoms with Gasteiger partial charge in [-0.25, -0.2) is 10.3 Å². The van der Waals surface area contributed by atoms with Crippen LogP contribution in [0.1, 0.15) is 11.1 Å². The molecule has 9 heteroatoms. The van der Waals surface area contributed by atoms with Crippen LogP contribution in [-0.2, 0) is 16.9 Å². The number of nitrogens with two attached hydrogens (primary N) is 2. The SMILES string of the molecule is NC1=NC(N)(c2cc(Cl)cc(C(F)(F)F)c2)ON1. The Balaban J connectivity index is 2.50. The fraction of sp³-hybridized carbons (Fsp3) is 0.222. The number of nitrogens with one attached hydrogen (secondary N) is 1. The fourth-order valence-corrected chi connectivity index (χ4v) is 1.67. The minimum atomic E-state index is -4.54. The summed E-state index contributed by atoms with van der Waals surface area (Å²) < 4.78 is 37.9. The number of hydrogen-bond donors (Lipinski definition) is 3. The van der Waals surface area contributed by atoms with Crippen LogP contribution >= 0.6 is 11.6 Å². The van der Waals surface area contributed by atoms with Crippen molar-refractivity contribution in [2.45, 2.75) is 12.0 Å². The Kier molecular flexibility index (Phi) is 2.88. The Labute approximate surface area is 105 Å². The molecular formula is C9H8ClF3N4O. The standard InChI is InChI=1S/C9H8ClF3N4O/c10-6-2-4(8(11,12)13)1-5(3-6)9(15)16-7(14)17-18-9/h1-3H,15H2,(H3,14,16,17). The molecule has 0 bridgehead atoms. The molecule has 1 aliphatic rings. The minimum Gasteiger partial charge on any atom is -0.368 e. The van der Waals surface area contributed by atoms with Gasteiger partial charge in [0.25, 0.3) is 5.85 Å². The molecule has 1 unspecified atom stereocenters. The summed E-state index contributed by atoms with van der Waals surface area (Å²) >= 11 is 5.62. The van der Waals surface area contributed by atoms with E-state index in [1.165, 1.54) is 6.07 Å². The predicted octanol–water partition coefficient (Wildman–Crippen LogP) is 1.28. The number of guanidine groups is 1. The Morgan fingerprint density at radius 1 is 1.33 bits per heavy atom. The zero-order chi connectivity index (χ0) is 13.6. The van der Waals surface area contributed by atoms with E-state index < -0.39 is 17.6 Å². The second-order valence-electron chi connectivity index (χ2n) is 3.62. The Hall–Kier alpha value is -1.51. The summed E-state index contributed by atoms with van der Waals surface area (Å²) in [6, 6.07) is 2.81. The maximum Gasteiger partial charge on any atom is 0.416 e. The monoisotopic (exact) mass is 280 g/mol. The normalized spacial score (nSPS) is 23.7. The molecule has 0 spiro atoms. The van der Waals surface area contributed by atoms with Crippen LogP contribution in [0.3, 0.4) is 0 Å². The van der Waals surface area contributed by atoms with Gasteiger partial charge >= 0.3 is 6.18 Å². The topological polar surface area (TPSA) is 85.7 Å². The molecule has 1 aromatic rings. The van der Waals surface area contributed by atoms with Gasteiger partial charge in [-0.2, -0.15) is 18.2 Å². The van der Waals surface area contributed by atoms with Gasteiger partial charge in [0.1, 0.15) is 0 Å². The highest BCUT2D eigenvalue weighted by Gasteiger charge is 2.38. The number of aliphatic imine (C=N–C) groups is 1. The van der Waals surface area contributed by atoms with Crippen LogP contribution < -0.4 is 16.9 Å². The zero-order valence-corrected chi connectivity index (χ0v) is 9.51. The van der Waals surface area contributed by atoms with Crippen LogP contribution in [0.2, 0.25) is 5.02 Å². The first kappa shape index (κ1) is 12.9. The summed E-state index contributed by atoms with van der Waals surface area (Å²) in [6.07, 6.45) is -4.54. The van der Waals surface area contributed by atoms with Gasteiger partial charge < -0.3 is 5.73 Å². The van der Waals surface area contributed by atoms with E-state index in [1.807, 2.05) is 0 Å². The van der Waals surface area contributed by atoms with Crippen molar-refractivity contribution in [1.82, 2.24) is 5.48 Å². The van der Waals surface area contributed by atoms with E-state index in [0.29, 0.717) is 0 Å². The summed E-state index contributed by atoms with van der Waals surface area (Å²) in [6.45, 7) is 0. The average Bonchev–Trinajstić information content (AvgIpc) is 2.58. The minimum absolute atomic E-state index is 0.0599. The van der Waals surface area contributed by atoms with Gasteiger partial charge in [-0.3, -0.25) is 5.73 Å². The molecule has 5 N–H and O–H groups in total. The van der Waals surface area contributed by atoms with Crippen LogP contribution in [0.15, 0.2) is 23.2 Å². The highest BCUT2D eigenvalue weighted by atomic mass is 35.5. The molecule has 1 aromatic carbocycles. The van der Waals surface area contributed by atoms with Gasteiger partial charge in [0.2, 0.25) is 5.96 Å². The van der Waals surface area contributed by atoms with E-state index in [-0.39, 0.29) is 16.5 Å². The smallest absolute Gasteiger partial charge is 0.368 e. The number of nitrogens with zero attached hydrogens (tertiary/aromatic N) is 1. The lowest BCUT2D eigenvalue weighted by molar-refractivity contribution is -0.137. The number of rotatable bonds is 1. The first-order valence-electron chi connectivity index (χ1n) is 4.67. The van der Waals surface area contributed by atoms with Crippen LogP contribution in [0.25, 0.3) is 0 Å². The van der Waals surface area contributed by atoms with Crippen molar-refractivity contribution in [2.24, 2.45) is 16.5 Å². The highest BCUT2D eigenvalue weighted by Crippen LogP contribution is 2.35. The summed E-state index contributed by atoms with van der Waals surface area (Å²) in [7, 11) is 0. The van der Waals surface area contributed by atoms with Crippen molar-refractivity contribution < 1.29 is 18.0 Å². The third kappa shape index (κ3) is 2.35. The van der Waals surface area contributed by atoms with Gasteiger partial charge in [-0.05, 0) is 18.2 Å². The first-order chi connectivity index (χ1) is 8.21. The van der Waals surface area contributed by atoms with E-state index in [0.717, 1.165) is 12.1 Å². The van der Waals surface area contributed by atoms with E-state index in [4.69, 9.17) is 27.9 Å². The third-order valence-electron chi connectivity index (χ3n) is 2.24. The van der Waals surface area contributed by atoms with Gasteiger partial charge in [0.05, 0.1) is 5.56 Å².